The topological polar surface area (TPSA) is 35.5 Å². The van der Waals surface area contributed by atoms with E-state index in [0.29, 0.717) is 16.8 Å². The number of rotatable bonds is 7. The molecule has 0 spiro atoms. The molecule has 0 amide bonds. The van der Waals surface area contributed by atoms with Crippen LogP contribution in [0.5, 0.6) is 11.5 Å². The van der Waals surface area contributed by atoms with Gasteiger partial charge in [0.15, 0.2) is 0 Å². The van der Waals surface area contributed by atoms with Crippen molar-refractivity contribution in [3.63, 3.8) is 0 Å². The molecule has 0 aliphatic heterocycles. The van der Waals surface area contributed by atoms with Crippen molar-refractivity contribution >= 4 is 12.9 Å². The molecule has 0 N–H and O–H groups in total. The Labute approximate surface area is 161 Å². The summed E-state index contributed by atoms with van der Waals surface area (Å²) in [5.74, 6) is 1.06. The summed E-state index contributed by atoms with van der Waals surface area (Å²) in [6.07, 6.45) is 1.88. The summed E-state index contributed by atoms with van der Waals surface area (Å²) in [6, 6.07) is 22.7. The summed E-state index contributed by atoms with van der Waals surface area (Å²) in [6.45, 7) is 6.18. The molecule has 0 atom stereocenters. The number of hydrogen-bond donors (Lipinski definition) is 0. The maximum Gasteiger partial charge on any atom is 0.462 e. The van der Waals surface area contributed by atoms with Gasteiger partial charge in [0.1, 0.15) is 11.5 Å². The van der Waals surface area contributed by atoms with Crippen LogP contribution in [0.15, 0.2) is 72.8 Å². The second-order valence-electron chi connectivity index (χ2n) is 6.51. The minimum atomic E-state index is -3.58. The molecule has 4 heteroatoms. The van der Waals surface area contributed by atoms with Crippen LogP contribution in [-0.4, -0.2) is 0 Å². The minimum absolute atomic E-state index is 0.529. The van der Waals surface area contributed by atoms with Gasteiger partial charge in [-0.15, -0.1) is 0 Å². The summed E-state index contributed by atoms with van der Waals surface area (Å²) >= 11 is 0. The molecule has 0 saturated heterocycles. The molecule has 0 aliphatic carbocycles. The predicted octanol–water partition coefficient (Wildman–Crippen LogP) is 6.10. The highest BCUT2D eigenvalue weighted by Crippen LogP contribution is 2.47. The zero-order chi connectivity index (χ0) is 19.3. The highest BCUT2D eigenvalue weighted by atomic mass is 31.2. The molecule has 0 radical (unpaired) electrons. The molecule has 0 aliphatic rings. The lowest BCUT2D eigenvalue weighted by molar-refractivity contribution is 0.399. The van der Waals surface area contributed by atoms with E-state index in [1.807, 2.05) is 67.6 Å². The highest BCUT2D eigenvalue weighted by molar-refractivity contribution is 7.63. The van der Waals surface area contributed by atoms with Crippen molar-refractivity contribution in [1.29, 1.82) is 0 Å². The van der Waals surface area contributed by atoms with Crippen molar-refractivity contribution in [3.8, 4) is 11.5 Å². The third kappa shape index (κ3) is 4.81. The van der Waals surface area contributed by atoms with Crippen molar-refractivity contribution in [2.45, 2.75) is 33.6 Å². The molecule has 0 aromatic heterocycles. The maximum absolute atomic E-state index is 13.7. The Hall–Kier alpha value is -2.51. The first kappa shape index (κ1) is 19.3. The first-order chi connectivity index (χ1) is 13.0. The number of aryl methyl sites for hydroxylation is 3. The summed E-state index contributed by atoms with van der Waals surface area (Å²) < 4.78 is 25.6. The summed E-state index contributed by atoms with van der Waals surface area (Å²) in [5.41, 5.74) is 3.48. The molecule has 3 nitrogen and oxygen atoms in total. The van der Waals surface area contributed by atoms with Crippen molar-refractivity contribution in [2.24, 2.45) is 0 Å². The van der Waals surface area contributed by atoms with E-state index in [2.05, 4.69) is 13.8 Å². The molecule has 0 unspecified atom stereocenters. The molecule has 0 heterocycles. The van der Waals surface area contributed by atoms with E-state index in [1.54, 1.807) is 12.1 Å². The van der Waals surface area contributed by atoms with Gasteiger partial charge in [0, 0.05) is 0 Å². The largest absolute Gasteiger partial charge is 0.462 e. The molecular weight excluding hydrogens is 355 g/mol. The Morgan fingerprint density at radius 2 is 1.07 bits per heavy atom. The Morgan fingerprint density at radius 3 is 1.44 bits per heavy atom. The van der Waals surface area contributed by atoms with Crippen molar-refractivity contribution in [2.75, 3.05) is 0 Å². The second-order valence-corrected chi connectivity index (χ2v) is 8.39. The van der Waals surface area contributed by atoms with Gasteiger partial charge in [-0.05, 0) is 67.3 Å². The molecule has 0 bridgehead atoms. The quantitative estimate of drug-likeness (QED) is 0.465. The van der Waals surface area contributed by atoms with E-state index in [1.165, 1.54) is 11.1 Å². The molecule has 0 saturated carbocycles. The first-order valence-electron chi connectivity index (χ1n) is 9.26. The van der Waals surface area contributed by atoms with Crippen molar-refractivity contribution < 1.29 is 13.6 Å². The average molecular weight is 380 g/mol. The standard InChI is InChI=1S/C23H25O3P/c1-4-19-8-12-21(13-9-19)25-27(24,23-16-6-18(3)7-17-23)26-22-14-10-20(5-2)11-15-22/h6-17H,4-5H2,1-3H3. The lowest BCUT2D eigenvalue weighted by Gasteiger charge is -2.20. The van der Waals surface area contributed by atoms with E-state index < -0.39 is 7.60 Å². The molecule has 3 aromatic carbocycles. The molecule has 3 aromatic rings. The van der Waals surface area contributed by atoms with E-state index in [9.17, 15) is 4.57 Å². The summed E-state index contributed by atoms with van der Waals surface area (Å²) in [7, 11) is -3.58. The first-order valence-corrected chi connectivity index (χ1v) is 10.8. The van der Waals surface area contributed by atoms with Gasteiger partial charge >= 0.3 is 7.60 Å². The van der Waals surface area contributed by atoms with E-state index in [-0.39, 0.29) is 0 Å². The monoisotopic (exact) mass is 380 g/mol. The average Bonchev–Trinajstić information content (AvgIpc) is 2.69. The van der Waals surface area contributed by atoms with Gasteiger partial charge in [0.2, 0.25) is 0 Å². The second kappa shape index (κ2) is 8.45. The Bertz CT molecular complexity index is 860. The predicted molar refractivity (Wildman–Crippen MR) is 111 cm³/mol. The Balaban J connectivity index is 1.93. The van der Waals surface area contributed by atoms with E-state index >= 15 is 0 Å². The van der Waals surface area contributed by atoms with Gasteiger partial charge in [-0.25, -0.2) is 4.57 Å². The Morgan fingerprint density at radius 1 is 0.667 bits per heavy atom. The van der Waals surface area contributed by atoms with Gasteiger partial charge in [0.05, 0.1) is 5.30 Å². The smallest absolute Gasteiger partial charge is 0.413 e. The maximum atomic E-state index is 13.7. The lowest BCUT2D eigenvalue weighted by atomic mass is 10.2. The minimum Gasteiger partial charge on any atom is -0.413 e. The molecule has 0 fully saturated rings. The van der Waals surface area contributed by atoms with Gasteiger partial charge in [-0.1, -0.05) is 55.8 Å². The van der Waals surface area contributed by atoms with Crippen LogP contribution in [0.2, 0.25) is 0 Å². The van der Waals surface area contributed by atoms with Crippen LogP contribution in [0.3, 0.4) is 0 Å². The van der Waals surface area contributed by atoms with Gasteiger partial charge < -0.3 is 9.05 Å². The van der Waals surface area contributed by atoms with Crippen molar-refractivity contribution in [3.05, 3.63) is 89.5 Å². The van der Waals surface area contributed by atoms with Gasteiger partial charge in [-0.2, -0.15) is 0 Å². The number of benzene rings is 3. The van der Waals surface area contributed by atoms with Crippen LogP contribution in [0.4, 0.5) is 0 Å². The zero-order valence-electron chi connectivity index (χ0n) is 16.0. The third-order valence-corrected chi connectivity index (χ3v) is 6.30. The van der Waals surface area contributed by atoms with Crippen LogP contribution < -0.4 is 14.4 Å². The summed E-state index contributed by atoms with van der Waals surface area (Å²) in [5, 5.41) is 0.534. The molecule has 3 rings (SSSR count). The lowest BCUT2D eigenvalue weighted by Crippen LogP contribution is -2.14. The van der Waals surface area contributed by atoms with Gasteiger partial charge in [-0.3, -0.25) is 0 Å². The van der Waals surface area contributed by atoms with Gasteiger partial charge in [0.25, 0.3) is 0 Å². The highest BCUT2D eigenvalue weighted by Gasteiger charge is 2.31. The number of hydrogen-bond acceptors (Lipinski definition) is 3. The fourth-order valence-electron chi connectivity index (χ4n) is 2.70. The molecular formula is C23H25O3P. The fourth-order valence-corrected chi connectivity index (χ4v) is 4.26. The van der Waals surface area contributed by atoms with E-state index in [0.717, 1.165) is 18.4 Å². The molecule has 140 valence electrons. The normalized spacial score (nSPS) is 11.2. The van der Waals surface area contributed by atoms with Crippen molar-refractivity contribution in [1.82, 2.24) is 0 Å². The summed E-state index contributed by atoms with van der Waals surface area (Å²) in [4.78, 5) is 0. The zero-order valence-corrected chi connectivity index (χ0v) is 16.9. The third-order valence-electron chi connectivity index (χ3n) is 4.46. The molecule has 27 heavy (non-hydrogen) atoms. The SMILES string of the molecule is CCc1ccc(OP(=O)(Oc2ccc(CC)cc2)c2ccc(C)cc2)cc1. The Kier molecular flexibility index (Phi) is 6.03. The van der Waals surface area contributed by atoms with Crippen LogP contribution >= 0.6 is 7.60 Å². The van der Waals surface area contributed by atoms with E-state index in [4.69, 9.17) is 9.05 Å². The fraction of sp³-hybridized carbons (Fsp3) is 0.217. The van der Waals surface area contributed by atoms with Crippen LogP contribution in [0.1, 0.15) is 30.5 Å². The van der Waals surface area contributed by atoms with Crippen LogP contribution in [-0.2, 0) is 17.4 Å². The van der Waals surface area contributed by atoms with Crippen LogP contribution in [0, 0.1) is 6.92 Å². The van der Waals surface area contributed by atoms with Crippen LogP contribution in [0.25, 0.3) is 0 Å².